The summed E-state index contributed by atoms with van der Waals surface area (Å²) in [6, 6.07) is 10.5. The number of benzene rings is 1. The summed E-state index contributed by atoms with van der Waals surface area (Å²) in [6.45, 7) is 2.80. The zero-order valence-corrected chi connectivity index (χ0v) is 13.4. The van der Waals surface area contributed by atoms with E-state index in [0.717, 1.165) is 43.6 Å². The van der Waals surface area contributed by atoms with Crippen LogP contribution >= 0.6 is 0 Å². The molecule has 5 heteroatoms. The largest absolute Gasteiger partial charge is 0.481 e. The van der Waals surface area contributed by atoms with E-state index in [-0.39, 0.29) is 5.92 Å². The molecule has 1 fully saturated rings. The minimum atomic E-state index is -0.650. The Hall–Kier alpha value is -2.14. The molecule has 1 saturated carbocycles. The average Bonchev–Trinajstić information content (AvgIpc) is 2.95. The number of nitrogens with one attached hydrogen (secondary N) is 1. The van der Waals surface area contributed by atoms with E-state index < -0.39 is 5.97 Å². The van der Waals surface area contributed by atoms with Gasteiger partial charge >= 0.3 is 5.97 Å². The quantitative estimate of drug-likeness (QED) is 0.890. The van der Waals surface area contributed by atoms with Crippen LogP contribution in [0.4, 0.5) is 0 Å². The van der Waals surface area contributed by atoms with Crippen molar-refractivity contribution in [3.8, 4) is 5.69 Å². The average molecular weight is 313 g/mol. The molecular formula is C18H23N3O2. The van der Waals surface area contributed by atoms with Crippen molar-refractivity contribution in [2.24, 2.45) is 5.92 Å². The van der Waals surface area contributed by atoms with Crippen molar-refractivity contribution in [3.05, 3.63) is 47.8 Å². The number of aryl methyl sites for hydroxylation is 1. The second-order valence-electron chi connectivity index (χ2n) is 6.29. The third-order valence-electron chi connectivity index (χ3n) is 4.68. The summed E-state index contributed by atoms with van der Waals surface area (Å²) in [5.41, 5.74) is 3.28. The second kappa shape index (κ2) is 6.96. The Morgan fingerprint density at radius 1 is 1.26 bits per heavy atom. The van der Waals surface area contributed by atoms with Crippen LogP contribution in [0.25, 0.3) is 5.69 Å². The lowest BCUT2D eigenvalue weighted by Crippen LogP contribution is -2.34. The number of rotatable bonds is 5. The van der Waals surface area contributed by atoms with Crippen molar-refractivity contribution in [1.82, 2.24) is 15.1 Å². The Morgan fingerprint density at radius 2 is 1.96 bits per heavy atom. The molecule has 122 valence electrons. The molecular weight excluding hydrogens is 290 g/mol. The highest BCUT2D eigenvalue weighted by atomic mass is 16.4. The molecule has 5 nitrogen and oxygen atoms in total. The van der Waals surface area contributed by atoms with Crippen molar-refractivity contribution >= 4 is 5.97 Å². The number of carboxylic acids is 1. The van der Waals surface area contributed by atoms with Crippen LogP contribution in [-0.2, 0) is 11.3 Å². The first-order chi connectivity index (χ1) is 11.1. The number of carbonyl (C=O) groups is 1. The van der Waals surface area contributed by atoms with Gasteiger partial charge in [-0.2, -0.15) is 5.10 Å². The van der Waals surface area contributed by atoms with Crippen LogP contribution in [0, 0.1) is 12.8 Å². The Bertz CT molecular complexity index is 658. The normalized spacial score (nSPS) is 21.3. The lowest BCUT2D eigenvalue weighted by molar-refractivity contribution is -0.142. The number of carboxylic acid groups (broad SMARTS) is 1. The number of aromatic nitrogens is 2. The maximum atomic E-state index is 11.0. The van der Waals surface area contributed by atoms with Crippen molar-refractivity contribution in [2.75, 3.05) is 0 Å². The summed E-state index contributed by atoms with van der Waals surface area (Å²) >= 11 is 0. The monoisotopic (exact) mass is 313 g/mol. The first-order valence-electron chi connectivity index (χ1n) is 8.20. The lowest BCUT2D eigenvalue weighted by Gasteiger charge is -2.26. The second-order valence-corrected chi connectivity index (χ2v) is 6.29. The SMILES string of the molecule is Cc1nn(-c2ccccc2)cc1CNC1CCC(C(=O)O)CC1. The molecule has 0 bridgehead atoms. The maximum Gasteiger partial charge on any atom is 0.306 e. The van der Waals surface area contributed by atoms with E-state index in [4.69, 9.17) is 5.11 Å². The predicted molar refractivity (Wildman–Crippen MR) is 88.5 cm³/mol. The zero-order valence-electron chi connectivity index (χ0n) is 13.4. The zero-order chi connectivity index (χ0) is 16.2. The van der Waals surface area contributed by atoms with Crippen molar-refractivity contribution in [1.29, 1.82) is 0 Å². The van der Waals surface area contributed by atoms with Crippen LogP contribution in [0.2, 0.25) is 0 Å². The van der Waals surface area contributed by atoms with Crippen LogP contribution in [0.3, 0.4) is 0 Å². The molecule has 0 spiro atoms. The molecule has 1 aromatic heterocycles. The molecule has 0 saturated heterocycles. The van der Waals surface area contributed by atoms with E-state index in [1.165, 1.54) is 5.56 Å². The summed E-state index contributed by atoms with van der Waals surface area (Å²) < 4.78 is 1.91. The highest BCUT2D eigenvalue weighted by molar-refractivity contribution is 5.70. The van der Waals surface area contributed by atoms with Crippen molar-refractivity contribution in [2.45, 2.75) is 45.2 Å². The van der Waals surface area contributed by atoms with E-state index >= 15 is 0 Å². The third-order valence-corrected chi connectivity index (χ3v) is 4.68. The summed E-state index contributed by atoms with van der Waals surface area (Å²) in [5.74, 6) is -0.806. The topological polar surface area (TPSA) is 67.2 Å². The van der Waals surface area contributed by atoms with Gasteiger partial charge in [0, 0.05) is 24.3 Å². The maximum absolute atomic E-state index is 11.0. The minimum absolute atomic E-state index is 0.157. The Balaban J connectivity index is 1.57. The molecule has 1 heterocycles. The molecule has 0 atom stereocenters. The van der Waals surface area contributed by atoms with Crippen LogP contribution in [0.5, 0.6) is 0 Å². The van der Waals surface area contributed by atoms with E-state index in [9.17, 15) is 4.79 Å². The van der Waals surface area contributed by atoms with E-state index in [1.807, 2.05) is 41.9 Å². The molecule has 0 amide bonds. The molecule has 2 aromatic rings. The molecule has 3 rings (SSSR count). The summed E-state index contributed by atoms with van der Waals surface area (Å²) in [4.78, 5) is 11.0. The van der Waals surface area contributed by atoms with Crippen LogP contribution in [0.15, 0.2) is 36.5 Å². The fourth-order valence-electron chi connectivity index (χ4n) is 3.18. The lowest BCUT2D eigenvalue weighted by atomic mass is 9.86. The Morgan fingerprint density at radius 3 is 2.61 bits per heavy atom. The number of hydrogen-bond donors (Lipinski definition) is 2. The summed E-state index contributed by atoms with van der Waals surface area (Å²) in [6.07, 6.45) is 5.48. The van der Waals surface area contributed by atoms with E-state index in [2.05, 4.69) is 16.6 Å². The fraction of sp³-hybridized carbons (Fsp3) is 0.444. The minimum Gasteiger partial charge on any atom is -0.481 e. The van der Waals surface area contributed by atoms with Crippen LogP contribution in [-0.4, -0.2) is 26.9 Å². The highest BCUT2D eigenvalue weighted by Crippen LogP contribution is 2.24. The number of hydrogen-bond acceptors (Lipinski definition) is 3. The van der Waals surface area contributed by atoms with Gasteiger partial charge < -0.3 is 10.4 Å². The van der Waals surface area contributed by atoms with Gasteiger partial charge in [-0.05, 0) is 44.7 Å². The first-order valence-corrected chi connectivity index (χ1v) is 8.20. The van der Waals surface area contributed by atoms with Gasteiger partial charge in [0.2, 0.25) is 0 Å². The molecule has 0 aliphatic heterocycles. The molecule has 0 radical (unpaired) electrons. The molecule has 1 aliphatic rings. The third kappa shape index (κ3) is 3.79. The standard InChI is InChI=1S/C18H23N3O2/c1-13-15(12-21(20-13)17-5-3-2-4-6-17)11-19-16-9-7-14(8-10-16)18(22)23/h2-6,12,14,16,19H,7-11H2,1H3,(H,22,23). The highest BCUT2D eigenvalue weighted by Gasteiger charge is 2.25. The molecule has 1 aromatic carbocycles. The van der Waals surface area contributed by atoms with Gasteiger partial charge in [0.05, 0.1) is 17.3 Å². The van der Waals surface area contributed by atoms with Gasteiger partial charge in [-0.25, -0.2) is 4.68 Å². The summed E-state index contributed by atoms with van der Waals surface area (Å²) in [5, 5.41) is 17.2. The molecule has 2 N–H and O–H groups in total. The summed E-state index contributed by atoms with van der Waals surface area (Å²) in [7, 11) is 0. The predicted octanol–water partition coefficient (Wildman–Crippen LogP) is 2.91. The first kappa shape index (κ1) is 15.7. The van der Waals surface area contributed by atoms with Gasteiger partial charge in [-0.3, -0.25) is 4.79 Å². The van der Waals surface area contributed by atoms with E-state index in [0.29, 0.717) is 6.04 Å². The van der Waals surface area contributed by atoms with Crippen molar-refractivity contribution < 1.29 is 9.90 Å². The van der Waals surface area contributed by atoms with Gasteiger partial charge in [-0.1, -0.05) is 18.2 Å². The van der Waals surface area contributed by atoms with Crippen LogP contribution in [0.1, 0.15) is 36.9 Å². The number of nitrogens with zero attached hydrogens (tertiary/aromatic N) is 2. The Labute approximate surface area is 136 Å². The van der Waals surface area contributed by atoms with E-state index in [1.54, 1.807) is 0 Å². The van der Waals surface area contributed by atoms with Gasteiger partial charge in [0.15, 0.2) is 0 Å². The smallest absolute Gasteiger partial charge is 0.306 e. The number of para-hydroxylation sites is 1. The number of aliphatic carboxylic acids is 1. The van der Waals surface area contributed by atoms with Gasteiger partial charge in [0.1, 0.15) is 0 Å². The van der Waals surface area contributed by atoms with Gasteiger partial charge in [-0.15, -0.1) is 0 Å². The van der Waals surface area contributed by atoms with Crippen LogP contribution < -0.4 is 5.32 Å². The molecule has 23 heavy (non-hydrogen) atoms. The van der Waals surface area contributed by atoms with Crippen molar-refractivity contribution in [3.63, 3.8) is 0 Å². The molecule has 1 aliphatic carbocycles. The fourth-order valence-corrected chi connectivity index (χ4v) is 3.18. The Kier molecular flexibility index (Phi) is 4.76. The van der Waals surface area contributed by atoms with Gasteiger partial charge in [0.25, 0.3) is 0 Å². The molecule has 0 unspecified atom stereocenters.